The maximum absolute atomic E-state index is 11.9. The maximum atomic E-state index is 11.9. The third-order valence-electron chi connectivity index (χ3n) is 1.47. The summed E-state index contributed by atoms with van der Waals surface area (Å²) in [5, 5.41) is 0. The summed E-state index contributed by atoms with van der Waals surface area (Å²) in [7, 11) is 0. The second-order valence-corrected chi connectivity index (χ2v) is 3.72. The fourth-order valence-electron chi connectivity index (χ4n) is 0.900. The van der Waals surface area contributed by atoms with Gasteiger partial charge in [0.15, 0.2) is 6.29 Å². The number of ether oxygens (including phenoxy) is 1. The molecule has 1 aromatic rings. The minimum atomic E-state index is -4.80. The lowest BCUT2D eigenvalue weighted by Crippen LogP contribution is -2.18. The van der Waals surface area contributed by atoms with Crippen LogP contribution in [0.3, 0.4) is 0 Å². The van der Waals surface area contributed by atoms with Crippen LogP contribution in [0.25, 0.3) is 0 Å². The largest absolute Gasteiger partial charge is 0.574 e. The van der Waals surface area contributed by atoms with E-state index in [2.05, 4.69) is 9.72 Å². The van der Waals surface area contributed by atoms with Gasteiger partial charge >= 0.3 is 6.36 Å². The zero-order valence-electron chi connectivity index (χ0n) is 7.43. The van der Waals surface area contributed by atoms with Gasteiger partial charge in [-0.3, -0.25) is 4.79 Å². The van der Waals surface area contributed by atoms with Crippen LogP contribution in [0.4, 0.5) is 13.2 Å². The van der Waals surface area contributed by atoms with Crippen LogP contribution in [0.5, 0.6) is 5.88 Å². The predicted octanol–water partition coefficient (Wildman–Crippen LogP) is 2.71. The van der Waals surface area contributed by atoms with E-state index in [1.165, 1.54) is 0 Å². The van der Waals surface area contributed by atoms with E-state index in [4.69, 9.17) is 0 Å². The first-order valence-electron chi connectivity index (χ1n) is 3.71. The molecule has 82 valence electrons. The molecule has 0 spiro atoms. The third kappa shape index (κ3) is 3.33. The average Bonchev–Trinajstić information content (AvgIpc) is 2.08. The quantitative estimate of drug-likeness (QED) is 0.618. The van der Waals surface area contributed by atoms with Crippen LogP contribution in [-0.2, 0) is 0 Å². The van der Waals surface area contributed by atoms with Crippen LogP contribution < -0.4 is 4.74 Å². The zero-order valence-corrected chi connectivity index (χ0v) is 9.59. The number of nitrogens with zero attached hydrogens (tertiary/aromatic N) is 1. The molecular weight excluding hydrogens is 326 g/mol. The molecule has 0 aliphatic carbocycles. The molecule has 0 amide bonds. The molecule has 0 fully saturated rings. The Morgan fingerprint density at radius 1 is 1.53 bits per heavy atom. The number of alkyl halides is 3. The molecule has 1 aromatic heterocycles. The summed E-state index contributed by atoms with van der Waals surface area (Å²) in [6.07, 6.45) is -4.41. The van der Waals surface area contributed by atoms with Gasteiger partial charge in [0.25, 0.3) is 0 Å². The van der Waals surface area contributed by atoms with Crippen molar-refractivity contribution >= 4 is 28.9 Å². The fourth-order valence-corrected chi connectivity index (χ4v) is 1.30. The lowest BCUT2D eigenvalue weighted by atomic mass is 10.2. The van der Waals surface area contributed by atoms with Crippen molar-refractivity contribution < 1.29 is 22.7 Å². The average molecular weight is 331 g/mol. The minimum absolute atomic E-state index is 0.0603. The van der Waals surface area contributed by atoms with E-state index in [1.54, 1.807) is 6.92 Å². The highest BCUT2D eigenvalue weighted by Crippen LogP contribution is 2.24. The summed E-state index contributed by atoms with van der Waals surface area (Å²) in [5.41, 5.74) is 0.446. The van der Waals surface area contributed by atoms with Crippen LogP contribution in [0.1, 0.15) is 16.1 Å². The summed E-state index contributed by atoms with van der Waals surface area (Å²) in [4.78, 5) is 13.9. The lowest BCUT2D eigenvalue weighted by Gasteiger charge is -2.09. The van der Waals surface area contributed by atoms with Gasteiger partial charge in [0.2, 0.25) is 5.88 Å². The van der Waals surface area contributed by atoms with E-state index in [0.29, 0.717) is 15.4 Å². The summed E-state index contributed by atoms with van der Waals surface area (Å²) >= 11 is 1.83. The molecule has 0 aliphatic heterocycles. The van der Waals surface area contributed by atoms with Crippen molar-refractivity contribution in [3.05, 3.63) is 20.9 Å². The number of aryl methyl sites for hydroxylation is 1. The van der Waals surface area contributed by atoms with Gasteiger partial charge in [-0.05, 0) is 35.1 Å². The smallest absolute Gasteiger partial charge is 0.388 e. The van der Waals surface area contributed by atoms with Gasteiger partial charge in [0.05, 0.1) is 0 Å². The Labute approximate surface area is 96.8 Å². The van der Waals surface area contributed by atoms with Crippen LogP contribution in [-0.4, -0.2) is 17.6 Å². The van der Waals surface area contributed by atoms with E-state index >= 15 is 0 Å². The molecule has 0 aliphatic rings. The number of aromatic nitrogens is 1. The van der Waals surface area contributed by atoms with Crippen molar-refractivity contribution in [2.24, 2.45) is 0 Å². The number of pyridine rings is 1. The Balaban J connectivity index is 3.11. The van der Waals surface area contributed by atoms with E-state index < -0.39 is 12.2 Å². The first-order valence-corrected chi connectivity index (χ1v) is 4.79. The topological polar surface area (TPSA) is 39.2 Å². The van der Waals surface area contributed by atoms with Crippen molar-refractivity contribution in [2.75, 3.05) is 0 Å². The molecular formula is C8H5F3INO2. The number of rotatable bonds is 2. The molecule has 1 rings (SSSR count). The van der Waals surface area contributed by atoms with Gasteiger partial charge < -0.3 is 4.74 Å². The standard InChI is InChI=1S/C8H5F3INO2/c1-4-2-6(15-8(9,10)11)13-5(3-14)7(4)12/h2-3H,1H3. The Morgan fingerprint density at radius 3 is 2.60 bits per heavy atom. The minimum Gasteiger partial charge on any atom is -0.388 e. The van der Waals surface area contributed by atoms with Gasteiger partial charge in [-0.15, -0.1) is 13.2 Å². The number of aldehydes is 1. The van der Waals surface area contributed by atoms with Gasteiger partial charge in [-0.2, -0.15) is 0 Å². The van der Waals surface area contributed by atoms with Crippen LogP contribution in [0.15, 0.2) is 6.07 Å². The SMILES string of the molecule is Cc1cc(OC(F)(F)F)nc(C=O)c1I. The third-order valence-corrected chi connectivity index (χ3v) is 2.88. The Bertz CT molecular complexity index is 392. The second-order valence-electron chi connectivity index (χ2n) is 2.64. The highest BCUT2D eigenvalue weighted by Gasteiger charge is 2.32. The van der Waals surface area contributed by atoms with Crippen LogP contribution in [0.2, 0.25) is 0 Å². The fraction of sp³-hybridized carbons (Fsp3) is 0.250. The Morgan fingerprint density at radius 2 is 2.13 bits per heavy atom. The molecule has 1 heterocycles. The summed E-state index contributed by atoms with van der Waals surface area (Å²) in [6.45, 7) is 1.57. The van der Waals surface area contributed by atoms with E-state index in [0.717, 1.165) is 6.07 Å². The first kappa shape index (κ1) is 12.2. The van der Waals surface area contributed by atoms with Crippen molar-refractivity contribution in [3.8, 4) is 5.88 Å². The molecule has 0 bridgehead atoms. The molecule has 0 saturated carbocycles. The maximum Gasteiger partial charge on any atom is 0.574 e. The molecule has 3 nitrogen and oxygen atoms in total. The van der Waals surface area contributed by atoms with Gasteiger partial charge in [-0.25, -0.2) is 4.98 Å². The molecule has 15 heavy (non-hydrogen) atoms. The normalized spacial score (nSPS) is 11.3. The molecule has 0 radical (unpaired) electrons. The van der Waals surface area contributed by atoms with Crippen molar-refractivity contribution in [1.29, 1.82) is 0 Å². The molecule has 0 N–H and O–H groups in total. The first-order chi connectivity index (χ1) is 6.83. The van der Waals surface area contributed by atoms with Gasteiger partial charge in [0.1, 0.15) is 5.69 Å². The zero-order chi connectivity index (χ0) is 11.6. The number of hydrogen-bond acceptors (Lipinski definition) is 3. The molecule has 7 heteroatoms. The van der Waals surface area contributed by atoms with Crippen LogP contribution >= 0.6 is 22.6 Å². The highest BCUT2D eigenvalue weighted by atomic mass is 127. The van der Waals surface area contributed by atoms with Crippen molar-refractivity contribution in [2.45, 2.75) is 13.3 Å². The second kappa shape index (κ2) is 4.33. The van der Waals surface area contributed by atoms with E-state index in [9.17, 15) is 18.0 Å². The molecule has 0 unspecified atom stereocenters. The highest BCUT2D eigenvalue weighted by molar-refractivity contribution is 14.1. The monoisotopic (exact) mass is 331 g/mol. The number of carbonyl (C=O) groups excluding carboxylic acids is 1. The van der Waals surface area contributed by atoms with Gasteiger partial charge in [-0.1, -0.05) is 0 Å². The summed E-state index contributed by atoms with van der Waals surface area (Å²) < 4.78 is 39.7. The Hall–Kier alpha value is -0.860. The molecule has 0 aromatic carbocycles. The number of hydrogen-bond donors (Lipinski definition) is 0. The van der Waals surface area contributed by atoms with Crippen LogP contribution in [0, 0.1) is 10.5 Å². The lowest BCUT2D eigenvalue weighted by molar-refractivity contribution is -0.276. The van der Waals surface area contributed by atoms with Gasteiger partial charge in [0, 0.05) is 9.64 Å². The number of halogens is 4. The summed E-state index contributed by atoms with van der Waals surface area (Å²) in [5.74, 6) is -0.623. The molecule has 0 saturated heterocycles. The van der Waals surface area contributed by atoms with Crippen molar-refractivity contribution in [3.63, 3.8) is 0 Å². The van der Waals surface area contributed by atoms with Crippen molar-refractivity contribution in [1.82, 2.24) is 4.98 Å². The van der Waals surface area contributed by atoms with E-state index in [1.807, 2.05) is 22.6 Å². The Kier molecular flexibility index (Phi) is 3.53. The number of carbonyl (C=O) groups is 1. The predicted molar refractivity (Wildman–Crippen MR) is 53.8 cm³/mol. The molecule has 0 atom stereocenters. The van der Waals surface area contributed by atoms with E-state index in [-0.39, 0.29) is 5.69 Å². The summed E-state index contributed by atoms with van der Waals surface area (Å²) in [6, 6.07) is 1.13.